The highest BCUT2D eigenvalue weighted by Crippen LogP contribution is 2.28. The van der Waals surface area contributed by atoms with Gasteiger partial charge in [-0.25, -0.2) is 0 Å². The van der Waals surface area contributed by atoms with Gasteiger partial charge in [-0.15, -0.1) is 0 Å². The van der Waals surface area contributed by atoms with Gasteiger partial charge < -0.3 is 10.6 Å². The molecule has 140 valence electrons. The predicted octanol–water partition coefficient (Wildman–Crippen LogP) is 1.59. The first-order valence-electron chi connectivity index (χ1n) is 9.68. The van der Waals surface area contributed by atoms with Crippen molar-refractivity contribution in [3.05, 3.63) is 18.5 Å². The third-order valence-corrected chi connectivity index (χ3v) is 5.99. The molecular weight excluding hydrogens is 314 g/mol. The van der Waals surface area contributed by atoms with E-state index in [4.69, 9.17) is 0 Å². The Hall–Kier alpha value is -1.40. The van der Waals surface area contributed by atoms with Crippen LogP contribution >= 0.6 is 0 Å². The fourth-order valence-electron chi connectivity index (χ4n) is 4.23. The van der Waals surface area contributed by atoms with Crippen LogP contribution in [0, 0.1) is 5.92 Å². The smallest absolute Gasteiger partial charge is 0.248 e. The fraction of sp³-hybridized carbons (Fsp3) is 0.789. The number of amides is 1. The van der Waals surface area contributed by atoms with Gasteiger partial charge in [-0.3, -0.25) is 14.4 Å². The van der Waals surface area contributed by atoms with Crippen LogP contribution in [-0.4, -0.2) is 58.9 Å². The standard InChI is InChI=1S/C19H33N5O/c1-16-6-4-12-23(14-16)18(2,3)15-21-17(25)19(7-10-20-11-8-19)24-13-5-9-22-24/h5,9,13,16,20H,4,6-8,10-12,14-15H2,1-3H3,(H,21,25). The summed E-state index contributed by atoms with van der Waals surface area (Å²) in [5, 5.41) is 11.0. The Morgan fingerprint density at radius 2 is 2.16 bits per heavy atom. The van der Waals surface area contributed by atoms with E-state index in [-0.39, 0.29) is 11.4 Å². The molecule has 2 fully saturated rings. The quantitative estimate of drug-likeness (QED) is 0.849. The van der Waals surface area contributed by atoms with Gasteiger partial charge in [0.15, 0.2) is 0 Å². The van der Waals surface area contributed by atoms with Gasteiger partial charge in [0.25, 0.3) is 0 Å². The molecule has 1 amide bonds. The van der Waals surface area contributed by atoms with Crippen molar-refractivity contribution in [2.75, 3.05) is 32.7 Å². The van der Waals surface area contributed by atoms with E-state index in [9.17, 15) is 4.79 Å². The van der Waals surface area contributed by atoms with Crippen molar-refractivity contribution in [3.8, 4) is 0 Å². The number of piperidine rings is 2. The first kappa shape index (κ1) is 18.4. The fourth-order valence-corrected chi connectivity index (χ4v) is 4.23. The summed E-state index contributed by atoms with van der Waals surface area (Å²) in [5.41, 5.74) is -0.581. The van der Waals surface area contributed by atoms with Gasteiger partial charge in [0.05, 0.1) is 0 Å². The second kappa shape index (κ2) is 7.46. The summed E-state index contributed by atoms with van der Waals surface area (Å²) in [4.78, 5) is 15.7. The van der Waals surface area contributed by atoms with E-state index >= 15 is 0 Å². The van der Waals surface area contributed by atoms with Gasteiger partial charge in [-0.1, -0.05) is 6.92 Å². The third kappa shape index (κ3) is 3.90. The first-order chi connectivity index (χ1) is 11.9. The van der Waals surface area contributed by atoms with Crippen LogP contribution in [0.5, 0.6) is 0 Å². The zero-order valence-corrected chi connectivity index (χ0v) is 15.9. The van der Waals surface area contributed by atoms with Crippen molar-refractivity contribution in [1.29, 1.82) is 0 Å². The van der Waals surface area contributed by atoms with Gasteiger partial charge in [-0.2, -0.15) is 5.10 Å². The Bertz CT molecular complexity index is 562. The van der Waals surface area contributed by atoms with Gasteiger partial charge in [0.1, 0.15) is 5.54 Å². The SMILES string of the molecule is CC1CCCN(C(C)(C)CNC(=O)C2(n3cccn3)CCNCC2)C1. The number of carbonyl (C=O) groups excluding carboxylic acids is 1. The van der Waals surface area contributed by atoms with Gasteiger partial charge in [-0.05, 0) is 71.1 Å². The average Bonchev–Trinajstić information content (AvgIpc) is 3.15. The zero-order valence-electron chi connectivity index (χ0n) is 15.9. The molecule has 0 aromatic carbocycles. The molecule has 3 heterocycles. The molecule has 0 radical (unpaired) electrons. The lowest BCUT2D eigenvalue weighted by Gasteiger charge is -2.44. The molecule has 1 unspecified atom stereocenters. The zero-order chi connectivity index (χ0) is 17.9. The van der Waals surface area contributed by atoms with Crippen LogP contribution in [0.25, 0.3) is 0 Å². The Morgan fingerprint density at radius 1 is 1.40 bits per heavy atom. The van der Waals surface area contributed by atoms with Crippen molar-refractivity contribution in [2.24, 2.45) is 5.92 Å². The van der Waals surface area contributed by atoms with Crippen LogP contribution in [0.15, 0.2) is 18.5 Å². The maximum Gasteiger partial charge on any atom is 0.248 e. The highest BCUT2D eigenvalue weighted by atomic mass is 16.2. The van der Waals surface area contributed by atoms with Crippen molar-refractivity contribution in [3.63, 3.8) is 0 Å². The molecule has 1 atom stereocenters. The Kier molecular flexibility index (Phi) is 5.49. The van der Waals surface area contributed by atoms with E-state index in [0.29, 0.717) is 6.54 Å². The van der Waals surface area contributed by atoms with Crippen molar-refractivity contribution < 1.29 is 4.79 Å². The largest absolute Gasteiger partial charge is 0.352 e. The van der Waals surface area contributed by atoms with Crippen molar-refractivity contribution >= 4 is 5.91 Å². The van der Waals surface area contributed by atoms with E-state index < -0.39 is 5.54 Å². The number of rotatable bonds is 5. The normalized spacial score (nSPS) is 24.8. The van der Waals surface area contributed by atoms with Crippen LogP contribution in [0.1, 0.15) is 46.5 Å². The number of hydrogen-bond acceptors (Lipinski definition) is 4. The third-order valence-electron chi connectivity index (χ3n) is 5.99. The molecule has 2 saturated heterocycles. The van der Waals surface area contributed by atoms with Crippen LogP contribution in [0.4, 0.5) is 0 Å². The average molecular weight is 348 g/mol. The topological polar surface area (TPSA) is 62.2 Å². The Labute approximate surface area is 151 Å². The molecular formula is C19H33N5O. The molecule has 0 saturated carbocycles. The molecule has 2 aliphatic rings. The highest BCUT2D eigenvalue weighted by Gasteiger charge is 2.42. The van der Waals surface area contributed by atoms with E-state index in [1.165, 1.54) is 12.8 Å². The monoisotopic (exact) mass is 347 g/mol. The molecule has 25 heavy (non-hydrogen) atoms. The van der Waals surface area contributed by atoms with E-state index in [0.717, 1.165) is 44.9 Å². The molecule has 1 aromatic heterocycles. The van der Waals surface area contributed by atoms with Crippen LogP contribution < -0.4 is 10.6 Å². The molecule has 1 aromatic rings. The molecule has 6 nitrogen and oxygen atoms in total. The summed E-state index contributed by atoms with van der Waals surface area (Å²) in [7, 11) is 0. The molecule has 3 rings (SSSR count). The molecule has 0 bridgehead atoms. The summed E-state index contributed by atoms with van der Waals surface area (Å²) >= 11 is 0. The maximum absolute atomic E-state index is 13.2. The predicted molar refractivity (Wildman–Crippen MR) is 99.4 cm³/mol. The van der Waals surface area contributed by atoms with Crippen LogP contribution in [0.3, 0.4) is 0 Å². The second-order valence-corrected chi connectivity index (χ2v) is 8.42. The Morgan fingerprint density at radius 3 is 2.80 bits per heavy atom. The first-order valence-corrected chi connectivity index (χ1v) is 9.68. The van der Waals surface area contributed by atoms with E-state index in [1.54, 1.807) is 6.20 Å². The molecule has 6 heteroatoms. The summed E-state index contributed by atoms with van der Waals surface area (Å²) < 4.78 is 1.86. The lowest BCUT2D eigenvalue weighted by Crippen LogP contribution is -2.59. The van der Waals surface area contributed by atoms with E-state index in [1.807, 2.05) is 16.9 Å². The maximum atomic E-state index is 13.2. The highest BCUT2D eigenvalue weighted by molar-refractivity contribution is 5.84. The summed E-state index contributed by atoms with van der Waals surface area (Å²) in [5.74, 6) is 0.847. The number of nitrogens with one attached hydrogen (secondary N) is 2. The minimum Gasteiger partial charge on any atom is -0.352 e. The van der Waals surface area contributed by atoms with E-state index in [2.05, 4.69) is 41.4 Å². The van der Waals surface area contributed by atoms with Gasteiger partial charge in [0, 0.05) is 31.0 Å². The summed E-state index contributed by atoms with van der Waals surface area (Å²) in [6.45, 7) is 11.4. The second-order valence-electron chi connectivity index (χ2n) is 8.42. The lowest BCUT2D eigenvalue weighted by atomic mass is 9.87. The van der Waals surface area contributed by atoms with Crippen LogP contribution in [-0.2, 0) is 10.3 Å². The summed E-state index contributed by atoms with van der Waals surface area (Å²) in [6, 6.07) is 1.90. The summed E-state index contributed by atoms with van der Waals surface area (Å²) in [6.07, 6.45) is 7.80. The van der Waals surface area contributed by atoms with Crippen molar-refractivity contribution in [1.82, 2.24) is 25.3 Å². The molecule has 2 aliphatic heterocycles. The van der Waals surface area contributed by atoms with Crippen molar-refractivity contribution in [2.45, 2.75) is 57.5 Å². The molecule has 0 aliphatic carbocycles. The lowest BCUT2D eigenvalue weighted by molar-refractivity contribution is -0.132. The number of aromatic nitrogens is 2. The number of nitrogens with zero attached hydrogens (tertiary/aromatic N) is 3. The minimum atomic E-state index is -0.556. The number of likely N-dealkylation sites (tertiary alicyclic amines) is 1. The molecule has 0 spiro atoms. The number of carbonyl (C=O) groups is 1. The number of hydrogen-bond donors (Lipinski definition) is 2. The van der Waals surface area contributed by atoms with Gasteiger partial charge >= 0.3 is 0 Å². The molecule has 2 N–H and O–H groups in total. The Balaban J connectivity index is 1.67. The minimum absolute atomic E-state index is 0.0252. The van der Waals surface area contributed by atoms with Gasteiger partial charge in [0.2, 0.25) is 5.91 Å². The van der Waals surface area contributed by atoms with Crippen LogP contribution in [0.2, 0.25) is 0 Å².